The fourth-order valence-electron chi connectivity index (χ4n) is 4.43. The summed E-state index contributed by atoms with van der Waals surface area (Å²) in [5, 5.41) is 9.03. The van der Waals surface area contributed by atoms with Crippen molar-refractivity contribution in [1.82, 2.24) is 15.1 Å². The van der Waals surface area contributed by atoms with E-state index in [1.807, 2.05) is 6.20 Å². The lowest BCUT2D eigenvalue weighted by Gasteiger charge is -2.32. The SMILES string of the molecule is CCNC(c1c(Cl)cnn1C(C)C)C1CC2CCC1C2. The third-order valence-electron chi connectivity index (χ3n) is 5.22. The van der Waals surface area contributed by atoms with Crippen molar-refractivity contribution in [3.63, 3.8) is 0 Å². The molecule has 1 aromatic rings. The minimum absolute atomic E-state index is 0.359. The Bertz CT molecular complexity index is 468. The Morgan fingerprint density at radius 2 is 2.20 bits per heavy atom. The maximum atomic E-state index is 6.48. The summed E-state index contributed by atoms with van der Waals surface area (Å²) in [6.45, 7) is 7.52. The van der Waals surface area contributed by atoms with Crippen LogP contribution in [0.2, 0.25) is 5.02 Å². The van der Waals surface area contributed by atoms with Gasteiger partial charge in [0.15, 0.2) is 0 Å². The highest BCUT2D eigenvalue weighted by molar-refractivity contribution is 6.31. The van der Waals surface area contributed by atoms with Crippen molar-refractivity contribution in [2.75, 3.05) is 6.54 Å². The number of nitrogens with one attached hydrogen (secondary N) is 1. The zero-order valence-electron chi connectivity index (χ0n) is 12.8. The topological polar surface area (TPSA) is 29.9 Å². The lowest BCUT2D eigenvalue weighted by molar-refractivity contribution is 0.241. The molecular formula is C16H26ClN3. The van der Waals surface area contributed by atoms with Gasteiger partial charge in [0.1, 0.15) is 0 Å². The Morgan fingerprint density at radius 1 is 1.40 bits per heavy atom. The molecule has 4 heteroatoms. The summed E-state index contributed by atoms with van der Waals surface area (Å²) in [6.07, 6.45) is 7.46. The molecule has 2 aliphatic carbocycles. The standard InChI is InChI=1S/C16H26ClN3/c1-4-18-15(13-8-11-5-6-12(13)7-11)16-14(17)9-19-20(16)10(2)3/h9-13,15,18H,4-8H2,1-3H3. The zero-order valence-corrected chi connectivity index (χ0v) is 13.5. The third kappa shape index (κ3) is 2.39. The van der Waals surface area contributed by atoms with Crippen molar-refractivity contribution in [1.29, 1.82) is 0 Å². The third-order valence-corrected chi connectivity index (χ3v) is 5.51. The van der Waals surface area contributed by atoms with Crippen molar-refractivity contribution in [2.24, 2.45) is 17.8 Å². The molecule has 0 aliphatic heterocycles. The van der Waals surface area contributed by atoms with E-state index < -0.39 is 0 Å². The molecule has 4 atom stereocenters. The predicted molar refractivity (Wildman–Crippen MR) is 83.0 cm³/mol. The number of fused-ring (bicyclic) bond motifs is 2. The van der Waals surface area contributed by atoms with Crippen molar-refractivity contribution >= 4 is 11.6 Å². The first-order valence-electron chi connectivity index (χ1n) is 8.08. The van der Waals surface area contributed by atoms with Gasteiger partial charge in [-0.15, -0.1) is 0 Å². The molecule has 0 radical (unpaired) electrons. The second-order valence-electron chi connectivity index (χ2n) is 6.79. The molecule has 2 fully saturated rings. The molecule has 0 saturated heterocycles. The quantitative estimate of drug-likeness (QED) is 0.882. The van der Waals surface area contributed by atoms with Crippen LogP contribution in [0, 0.1) is 17.8 Å². The van der Waals surface area contributed by atoms with Gasteiger partial charge < -0.3 is 5.32 Å². The summed E-state index contributed by atoms with van der Waals surface area (Å²) < 4.78 is 2.11. The smallest absolute Gasteiger partial charge is 0.0834 e. The average Bonchev–Trinajstić information content (AvgIpc) is 3.10. The normalized spacial score (nSPS) is 30.4. The number of hydrogen-bond acceptors (Lipinski definition) is 2. The van der Waals surface area contributed by atoms with E-state index in [4.69, 9.17) is 11.6 Å². The molecule has 3 rings (SSSR count). The van der Waals surface area contributed by atoms with Gasteiger partial charge in [0.05, 0.1) is 23.0 Å². The van der Waals surface area contributed by atoms with Crippen LogP contribution in [0.3, 0.4) is 0 Å². The summed E-state index contributed by atoms with van der Waals surface area (Å²) in [5.41, 5.74) is 1.21. The van der Waals surface area contributed by atoms with Crippen LogP contribution in [0.4, 0.5) is 0 Å². The Labute approximate surface area is 127 Å². The summed E-state index contributed by atoms with van der Waals surface area (Å²) in [5.74, 6) is 2.58. The Balaban J connectivity index is 1.92. The van der Waals surface area contributed by atoms with Crippen LogP contribution < -0.4 is 5.32 Å². The molecule has 2 aliphatic rings. The first-order chi connectivity index (χ1) is 9.61. The highest BCUT2D eigenvalue weighted by Gasteiger charge is 2.44. The van der Waals surface area contributed by atoms with Gasteiger partial charge in [-0.3, -0.25) is 4.68 Å². The summed E-state index contributed by atoms with van der Waals surface area (Å²) in [4.78, 5) is 0. The van der Waals surface area contributed by atoms with E-state index in [9.17, 15) is 0 Å². The molecule has 1 heterocycles. The average molecular weight is 296 g/mol. The second kappa shape index (κ2) is 5.69. The molecule has 0 aromatic carbocycles. The second-order valence-corrected chi connectivity index (χ2v) is 7.20. The largest absolute Gasteiger partial charge is 0.309 e. The van der Waals surface area contributed by atoms with E-state index >= 15 is 0 Å². The van der Waals surface area contributed by atoms with Crippen molar-refractivity contribution < 1.29 is 0 Å². The van der Waals surface area contributed by atoms with Crippen molar-refractivity contribution in [3.8, 4) is 0 Å². The van der Waals surface area contributed by atoms with Gasteiger partial charge in [0.25, 0.3) is 0 Å². The van der Waals surface area contributed by atoms with Crippen LogP contribution in [0.25, 0.3) is 0 Å². The maximum absolute atomic E-state index is 6.48. The van der Waals surface area contributed by atoms with Crippen LogP contribution >= 0.6 is 11.6 Å². The highest BCUT2D eigenvalue weighted by atomic mass is 35.5. The molecule has 2 saturated carbocycles. The number of aromatic nitrogens is 2. The molecule has 4 unspecified atom stereocenters. The summed E-state index contributed by atoms with van der Waals surface area (Å²) in [7, 11) is 0. The van der Waals surface area contributed by atoms with Gasteiger partial charge in [-0.1, -0.05) is 24.9 Å². The highest BCUT2D eigenvalue weighted by Crippen LogP contribution is 2.53. The minimum Gasteiger partial charge on any atom is -0.309 e. The van der Waals surface area contributed by atoms with Gasteiger partial charge in [-0.2, -0.15) is 5.10 Å². The molecule has 20 heavy (non-hydrogen) atoms. The van der Waals surface area contributed by atoms with Crippen LogP contribution in [0.15, 0.2) is 6.20 Å². The van der Waals surface area contributed by atoms with Gasteiger partial charge >= 0.3 is 0 Å². The van der Waals surface area contributed by atoms with Gasteiger partial charge in [0.2, 0.25) is 0 Å². The van der Waals surface area contributed by atoms with E-state index in [0.717, 1.165) is 29.3 Å². The number of rotatable bonds is 5. The first-order valence-corrected chi connectivity index (χ1v) is 8.45. The van der Waals surface area contributed by atoms with Crippen molar-refractivity contribution in [2.45, 2.75) is 58.5 Å². The molecule has 0 spiro atoms. The lowest BCUT2D eigenvalue weighted by atomic mass is 9.82. The Morgan fingerprint density at radius 3 is 2.75 bits per heavy atom. The molecule has 3 nitrogen and oxygen atoms in total. The fraction of sp³-hybridized carbons (Fsp3) is 0.812. The van der Waals surface area contributed by atoms with E-state index in [1.165, 1.54) is 31.4 Å². The monoisotopic (exact) mass is 295 g/mol. The van der Waals surface area contributed by atoms with E-state index in [2.05, 4.69) is 35.9 Å². The van der Waals surface area contributed by atoms with Crippen LogP contribution in [0.1, 0.15) is 64.2 Å². The van der Waals surface area contributed by atoms with E-state index in [0.29, 0.717) is 12.1 Å². The number of nitrogens with zero attached hydrogens (tertiary/aromatic N) is 2. The molecule has 1 N–H and O–H groups in total. The predicted octanol–water partition coefficient (Wildman–Crippen LogP) is 4.20. The van der Waals surface area contributed by atoms with Crippen LogP contribution in [0.5, 0.6) is 0 Å². The summed E-state index contributed by atoms with van der Waals surface area (Å²) in [6, 6.07) is 0.727. The lowest BCUT2D eigenvalue weighted by Crippen LogP contribution is -2.33. The van der Waals surface area contributed by atoms with Gasteiger partial charge in [0, 0.05) is 6.04 Å². The Hall–Kier alpha value is -0.540. The molecule has 1 aromatic heterocycles. The van der Waals surface area contributed by atoms with E-state index in [-0.39, 0.29) is 0 Å². The zero-order chi connectivity index (χ0) is 14.3. The van der Waals surface area contributed by atoms with E-state index in [1.54, 1.807) is 0 Å². The fourth-order valence-corrected chi connectivity index (χ4v) is 4.67. The van der Waals surface area contributed by atoms with Crippen molar-refractivity contribution in [3.05, 3.63) is 16.9 Å². The van der Waals surface area contributed by atoms with Gasteiger partial charge in [-0.25, -0.2) is 0 Å². The molecular weight excluding hydrogens is 270 g/mol. The maximum Gasteiger partial charge on any atom is 0.0834 e. The summed E-state index contributed by atoms with van der Waals surface area (Å²) >= 11 is 6.48. The Kier molecular flexibility index (Phi) is 4.09. The number of hydrogen-bond donors (Lipinski definition) is 1. The van der Waals surface area contributed by atoms with Crippen LogP contribution in [-0.4, -0.2) is 16.3 Å². The first kappa shape index (κ1) is 14.4. The molecule has 2 bridgehead atoms. The van der Waals surface area contributed by atoms with Crippen LogP contribution in [-0.2, 0) is 0 Å². The van der Waals surface area contributed by atoms with Gasteiger partial charge in [-0.05, 0) is 57.4 Å². The molecule has 112 valence electrons. The minimum atomic E-state index is 0.359. The molecule has 0 amide bonds. The number of halogens is 1.